The molecular formula is C18H36O6. The Morgan fingerprint density at radius 2 is 1.50 bits per heavy atom. The van der Waals surface area contributed by atoms with E-state index in [2.05, 4.69) is 13.8 Å². The molecule has 0 unspecified atom stereocenters. The van der Waals surface area contributed by atoms with Gasteiger partial charge in [-0.1, -0.05) is 58.8 Å². The van der Waals surface area contributed by atoms with Crippen LogP contribution in [-0.4, -0.2) is 63.8 Å². The molecule has 0 saturated carbocycles. The molecule has 24 heavy (non-hydrogen) atoms. The summed E-state index contributed by atoms with van der Waals surface area (Å²) in [5.74, 6) is 0. The van der Waals surface area contributed by atoms with Crippen molar-refractivity contribution in [3.05, 3.63) is 0 Å². The standard InChI is InChI=1S/C18H36O6/c1-3-5-6-7-8-9-11-13(10-4-2)23-18-17(22)16(21)15(20)14(12-19)24-18/h13-22H,3-12H2,1-2H3/t13-,14+,15+,16-,17+,18+/m0/s1. The summed E-state index contributed by atoms with van der Waals surface area (Å²) >= 11 is 0. The van der Waals surface area contributed by atoms with E-state index in [0.29, 0.717) is 0 Å². The lowest BCUT2D eigenvalue weighted by molar-refractivity contribution is -0.312. The second-order valence-electron chi connectivity index (χ2n) is 6.80. The van der Waals surface area contributed by atoms with E-state index in [0.717, 1.165) is 32.1 Å². The molecule has 1 saturated heterocycles. The van der Waals surface area contributed by atoms with Crippen molar-refractivity contribution >= 4 is 0 Å². The Bertz CT molecular complexity index is 312. The van der Waals surface area contributed by atoms with Crippen LogP contribution in [0.15, 0.2) is 0 Å². The SMILES string of the molecule is CCCCCCCC[C@H](CCC)O[C@@H]1O[C@H](CO)[C@@H](O)[C@H](O)[C@H]1O. The van der Waals surface area contributed by atoms with Crippen LogP contribution in [0.3, 0.4) is 0 Å². The molecule has 0 bridgehead atoms. The molecule has 6 nitrogen and oxygen atoms in total. The Kier molecular flexibility index (Phi) is 11.1. The maximum absolute atomic E-state index is 10.1. The molecule has 0 radical (unpaired) electrons. The molecule has 0 aromatic rings. The predicted octanol–water partition coefficient (Wildman–Crippen LogP) is 1.72. The van der Waals surface area contributed by atoms with Gasteiger partial charge in [-0.05, 0) is 12.8 Å². The third kappa shape index (κ3) is 6.94. The summed E-state index contributed by atoms with van der Waals surface area (Å²) < 4.78 is 11.3. The summed E-state index contributed by atoms with van der Waals surface area (Å²) in [5, 5.41) is 38.9. The van der Waals surface area contributed by atoms with E-state index in [-0.39, 0.29) is 6.10 Å². The first-order valence-corrected chi connectivity index (χ1v) is 9.51. The molecule has 0 aromatic heterocycles. The molecule has 1 aliphatic rings. The highest BCUT2D eigenvalue weighted by Gasteiger charge is 2.44. The lowest BCUT2D eigenvalue weighted by Crippen LogP contribution is -2.59. The molecule has 0 spiro atoms. The summed E-state index contributed by atoms with van der Waals surface area (Å²) in [4.78, 5) is 0. The summed E-state index contributed by atoms with van der Waals surface area (Å²) in [6.45, 7) is 3.84. The van der Waals surface area contributed by atoms with Gasteiger partial charge in [0, 0.05) is 0 Å². The number of aliphatic hydroxyl groups is 4. The minimum atomic E-state index is -1.38. The molecule has 1 rings (SSSR count). The third-order valence-electron chi connectivity index (χ3n) is 4.67. The number of unbranched alkanes of at least 4 members (excludes halogenated alkanes) is 5. The van der Waals surface area contributed by atoms with E-state index in [1.165, 1.54) is 25.7 Å². The number of ether oxygens (including phenoxy) is 2. The Labute approximate surface area is 145 Å². The molecule has 0 aromatic carbocycles. The van der Waals surface area contributed by atoms with Gasteiger partial charge in [-0.15, -0.1) is 0 Å². The van der Waals surface area contributed by atoms with Crippen LogP contribution >= 0.6 is 0 Å². The Morgan fingerprint density at radius 3 is 2.12 bits per heavy atom. The highest BCUT2D eigenvalue weighted by Crippen LogP contribution is 2.25. The highest BCUT2D eigenvalue weighted by molar-refractivity contribution is 4.89. The number of rotatable bonds is 12. The van der Waals surface area contributed by atoms with Crippen molar-refractivity contribution in [3.63, 3.8) is 0 Å². The normalized spacial score (nSPS) is 32.0. The van der Waals surface area contributed by atoms with Crippen molar-refractivity contribution in [2.75, 3.05) is 6.61 Å². The minimum Gasteiger partial charge on any atom is -0.394 e. The first kappa shape index (κ1) is 21.8. The fourth-order valence-corrected chi connectivity index (χ4v) is 3.12. The summed E-state index contributed by atoms with van der Waals surface area (Å²) in [7, 11) is 0. The highest BCUT2D eigenvalue weighted by atomic mass is 16.7. The topological polar surface area (TPSA) is 99.4 Å². The zero-order valence-corrected chi connectivity index (χ0v) is 15.1. The first-order valence-electron chi connectivity index (χ1n) is 9.51. The molecule has 6 heteroatoms. The van der Waals surface area contributed by atoms with Gasteiger partial charge in [0.15, 0.2) is 6.29 Å². The van der Waals surface area contributed by atoms with Crippen molar-refractivity contribution in [1.82, 2.24) is 0 Å². The lowest BCUT2D eigenvalue weighted by Gasteiger charge is -2.41. The van der Waals surface area contributed by atoms with Crippen LogP contribution in [0.1, 0.15) is 71.6 Å². The second-order valence-corrected chi connectivity index (χ2v) is 6.80. The van der Waals surface area contributed by atoms with E-state index in [4.69, 9.17) is 9.47 Å². The largest absolute Gasteiger partial charge is 0.394 e. The summed E-state index contributed by atoms with van der Waals surface area (Å²) in [5.41, 5.74) is 0. The van der Waals surface area contributed by atoms with E-state index < -0.39 is 37.3 Å². The molecule has 1 heterocycles. The van der Waals surface area contributed by atoms with Crippen LogP contribution in [0.25, 0.3) is 0 Å². The van der Waals surface area contributed by atoms with Gasteiger partial charge in [0.25, 0.3) is 0 Å². The second kappa shape index (κ2) is 12.2. The van der Waals surface area contributed by atoms with Gasteiger partial charge in [0.2, 0.25) is 0 Å². The van der Waals surface area contributed by atoms with Crippen molar-refractivity contribution < 1.29 is 29.9 Å². The zero-order chi connectivity index (χ0) is 17.9. The van der Waals surface area contributed by atoms with Gasteiger partial charge >= 0.3 is 0 Å². The Hall–Kier alpha value is -0.240. The quantitative estimate of drug-likeness (QED) is 0.401. The average Bonchev–Trinajstić information content (AvgIpc) is 2.58. The summed E-state index contributed by atoms with van der Waals surface area (Å²) in [6.07, 6.45) is 3.91. The van der Waals surface area contributed by atoms with Crippen LogP contribution < -0.4 is 0 Å². The van der Waals surface area contributed by atoms with Gasteiger partial charge in [-0.3, -0.25) is 0 Å². The molecule has 0 amide bonds. The number of hydrogen-bond donors (Lipinski definition) is 4. The zero-order valence-electron chi connectivity index (χ0n) is 15.1. The molecule has 0 aliphatic carbocycles. The van der Waals surface area contributed by atoms with Gasteiger partial charge in [-0.2, -0.15) is 0 Å². The first-order chi connectivity index (χ1) is 11.5. The number of aliphatic hydroxyl groups excluding tert-OH is 4. The van der Waals surface area contributed by atoms with E-state index in [1.54, 1.807) is 0 Å². The van der Waals surface area contributed by atoms with Gasteiger partial charge in [-0.25, -0.2) is 0 Å². The third-order valence-corrected chi connectivity index (χ3v) is 4.67. The van der Waals surface area contributed by atoms with Crippen molar-refractivity contribution in [3.8, 4) is 0 Å². The minimum absolute atomic E-state index is 0.0531. The van der Waals surface area contributed by atoms with Crippen LogP contribution in [-0.2, 0) is 9.47 Å². The van der Waals surface area contributed by atoms with E-state index >= 15 is 0 Å². The van der Waals surface area contributed by atoms with Crippen LogP contribution in [0.5, 0.6) is 0 Å². The van der Waals surface area contributed by atoms with E-state index in [9.17, 15) is 20.4 Å². The van der Waals surface area contributed by atoms with Crippen LogP contribution in [0.4, 0.5) is 0 Å². The molecule has 4 N–H and O–H groups in total. The monoisotopic (exact) mass is 348 g/mol. The van der Waals surface area contributed by atoms with Gasteiger partial charge in [0.05, 0.1) is 12.7 Å². The van der Waals surface area contributed by atoms with Gasteiger partial charge < -0.3 is 29.9 Å². The average molecular weight is 348 g/mol. The van der Waals surface area contributed by atoms with Gasteiger partial charge in [0.1, 0.15) is 24.4 Å². The molecular weight excluding hydrogens is 312 g/mol. The van der Waals surface area contributed by atoms with Crippen molar-refractivity contribution in [2.45, 2.75) is 108 Å². The Morgan fingerprint density at radius 1 is 0.833 bits per heavy atom. The fourth-order valence-electron chi connectivity index (χ4n) is 3.12. The molecule has 1 fully saturated rings. The van der Waals surface area contributed by atoms with E-state index in [1.807, 2.05) is 0 Å². The lowest BCUT2D eigenvalue weighted by atomic mass is 9.99. The number of hydrogen-bond acceptors (Lipinski definition) is 6. The molecule has 144 valence electrons. The molecule has 1 aliphatic heterocycles. The predicted molar refractivity (Wildman–Crippen MR) is 91.5 cm³/mol. The molecule has 6 atom stereocenters. The van der Waals surface area contributed by atoms with Crippen LogP contribution in [0, 0.1) is 0 Å². The maximum Gasteiger partial charge on any atom is 0.186 e. The smallest absolute Gasteiger partial charge is 0.186 e. The van der Waals surface area contributed by atoms with Crippen molar-refractivity contribution in [2.24, 2.45) is 0 Å². The Balaban J connectivity index is 2.44. The van der Waals surface area contributed by atoms with Crippen molar-refractivity contribution in [1.29, 1.82) is 0 Å². The fraction of sp³-hybridized carbons (Fsp3) is 1.00. The summed E-state index contributed by atoms with van der Waals surface area (Å²) in [6, 6.07) is 0. The maximum atomic E-state index is 10.1. The van der Waals surface area contributed by atoms with Crippen LogP contribution in [0.2, 0.25) is 0 Å².